The minimum absolute atomic E-state index is 0.307. The van der Waals surface area contributed by atoms with Crippen LogP contribution in [-0.4, -0.2) is 17.4 Å². The number of pyridine rings is 1. The maximum absolute atomic E-state index is 10.5. The monoisotopic (exact) mass is 321 g/mol. The van der Waals surface area contributed by atoms with Crippen molar-refractivity contribution < 1.29 is 4.79 Å². The molecule has 1 amide bonds. The van der Waals surface area contributed by atoms with E-state index in [0.717, 1.165) is 14.6 Å². The first-order chi connectivity index (χ1) is 6.61. The van der Waals surface area contributed by atoms with E-state index in [-0.39, 0.29) is 5.91 Å². The predicted molar refractivity (Wildman–Crippen MR) is 61.9 cm³/mol. The fourth-order valence-electron chi connectivity index (χ4n) is 0.891. The number of hydrogen-bond donors (Lipinski definition) is 2. The Morgan fingerprint density at radius 2 is 2.00 bits per heavy atom. The molecule has 6 heteroatoms. The molecule has 1 heterocycles. The van der Waals surface area contributed by atoms with E-state index in [1.54, 1.807) is 12.4 Å². The number of aromatic nitrogens is 1. The first-order valence-corrected chi connectivity index (χ1v) is 5.51. The number of carbonyl (C=O) groups excluding carboxylic acids is 1. The number of anilines is 1. The molecular weight excluding hydrogens is 314 g/mol. The second-order valence-electron chi connectivity index (χ2n) is 2.62. The Kier molecular flexibility index (Phi) is 4.34. The molecule has 0 bridgehead atoms. The summed E-state index contributed by atoms with van der Waals surface area (Å²) in [6, 6.07) is 0. The Morgan fingerprint density at radius 1 is 1.43 bits per heavy atom. The molecule has 0 aliphatic rings. The smallest absolute Gasteiger partial charge is 0.219 e. The van der Waals surface area contributed by atoms with Gasteiger partial charge in [0.1, 0.15) is 0 Å². The second kappa shape index (κ2) is 5.31. The molecule has 0 atom stereocenters. The SMILES string of the molecule is NC(=O)CCNc1c(Br)cncc1Br. The van der Waals surface area contributed by atoms with Gasteiger partial charge in [-0.15, -0.1) is 0 Å². The van der Waals surface area contributed by atoms with Crippen LogP contribution < -0.4 is 11.1 Å². The third-order valence-electron chi connectivity index (χ3n) is 1.53. The molecule has 1 aromatic rings. The minimum atomic E-state index is -0.321. The Labute approximate surface area is 98.5 Å². The average Bonchev–Trinajstić information content (AvgIpc) is 2.09. The predicted octanol–water partition coefficient (Wildman–Crippen LogP) is 1.89. The molecule has 0 aliphatic carbocycles. The van der Waals surface area contributed by atoms with Gasteiger partial charge in [-0.05, 0) is 31.9 Å². The van der Waals surface area contributed by atoms with Gasteiger partial charge in [0.15, 0.2) is 0 Å². The van der Waals surface area contributed by atoms with Crippen molar-refractivity contribution in [3.05, 3.63) is 21.3 Å². The molecule has 3 N–H and O–H groups in total. The van der Waals surface area contributed by atoms with Gasteiger partial charge in [0.05, 0.1) is 14.6 Å². The molecule has 4 nitrogen and oxygen atoms in total. The summed E-state index contributed by atoms with van der Waals surface area (Å²) in [6.07, 6.45) is 3.66. The number of carbonyl (C=O) groups is 1. The van der Waals surface area contributed by atoms with E-state index in [9.17, 15) is 4.79 Å². The van der Waals surface area contributed by atoms with E-state index in [1.807, 2.05) is 0 Å². The molecule has 1 aromatic heterocycles. The molecule has 0 fully saturated rings. The third kappa shape index (κ3) is 3.26. The van der Waals surface area contributed by atoms with Crippen molar-refractivity contribution >= 4 is 43.5 Å². The van der Waals surface area contributed by atoms with Gasteiger partial charge in [-0.3, -0.25) is 9.78 Å². The van der Waals surface area contributed by atoms with Crippen molar-refractivity contribution in [1.29, 1.82) is 0 Å². The zero-order valence-corrected chi connectivity index (χ0v) is 10.4. The molecule has 76 valence electrons. The van der Waals surface area contributed by atoms with Crippen molar-refractivity contribution in [3.8, 4) is 0 Å². The van der Waals surface area contributed by atoms with Crippen molar-refractivity contribution in [2.45, 2.75) is 6.42 Å². The molecule has 0 aliphatic heterocycles. The van der Waals surface area contributed by atoms with E-state index < -0.39 is 0 Å². The highest BCUT2D eigenvalue weighted by Crippen LogP contribution is 2.29. The Hall–Kier alpha value is -0.620. The van der Waals surface area contributed by atoms with Crippen LogP contribution in [0.5, 0.6) is 0 Å². The zero-order valence-electron chi connectivity index (χ0n) is 7.26. The number of nitrogens with one attached hydrogen (secondary N) is 1. The summed E-state index contributed by atoms with van der Waals surface area (Å²) in [6.45, 7) is 0.510. The molecule has 14 heavy (non-hydrogen) atoms. The van der Waals surface area contributed by atoms with Gasteiger partial charge in [-0.25, -0.2) is 0 Å². The first kappa shape index (κ1) is 11.5. The Morgan fingerprint density at radius 3 is 2.50 bits per heavy atom. The quantitative estimate of drug-likeness (QED) is 0.889. The molecule has 0 unspecified atom stereocenters. The van der Waals surface area contributed by atoms with E-state index in [2.05, 4.69) is 42.2 Å². The van der Waals surface area contributed by atoms with Crippen molar-refractivity contribution in [1.82, 2.24) is 4.98 Å². The number of halogens is 2. The molecule has 0 aromatic carbocycles. The van der Waals surface area contributed by atoms with E-state index in [0.29, 0.717) is 13.0 Å². The first-order valence-electron chi connectivity index (χ1n) is 3.92. The Bertz CT molecular complexity index is 323. The fraction of sp³-hybridized carbons (Fsp3) is 0.250. The van der Waals surface area contributed by atoms with Gasteiger partial charge in [0.25, 0.3) is 0 Å². The van der Waals surface area contributed by atoms with Crippen molar-refractivity contribution in [2.75, 3.05) is 11.9 Å². The van der Waals surface area contributed by atoms with E-state index in [1.165, 1.54) is 0 Å². The largest absolute Gasteiger partial charge is 0.383 e. The molecule has 0 radical (unpaired) electrons. The molecule has 0 saturated heterocycles. The van der Waals surface area contributed by atoms with Crippen LogP contribution >= 0.6 is 31.9 Å². The van der Waals surface area contributed by atoms with Crippen LogP contribution in [0.25, 0.3) is 0 Å². The van der Waals surface area contributed by atoms with Crippen LogP contribution in [0, 0.1) is 0 Å². The number of hydrogen-bond acceptors (Lipinski definition) is 3. The van der Waals surface area contributed by atoms with E-state index in [4.69, 9.17) is 5.73 Å². The van der Waals surface area contributed by atoms with Crippen molar-refractivity contribution in [3.63, 3.8) is 0 Å². The molecule has 1 rings (SSSR count). The lowest BCUT2D eigenvalue weighted by atomic mass is 10.3. The maximum atomic E-state index is 10.5. The lowest BCUT2D eigenvalue weighted by Gasteiger charge is -2.08. The van der Waals surface area contributed by atoms with Crippen LogP contribution in [0.4, 0.5) is 5.69 Å². The molecular formula is C8H9Br2N3O. The fourth-order valence-corrected chi connectivity index (χ4v) is 2.10. The zero-order chi connectivity index (χ0) is 10.6. The third-order valence-corrected chi connectivity index (χ3v) is 2.73. The number of nitrogens with two attached hydrogens (primary N) is 1. The number of rotatable bonds is 4. The number of primary amides is 1. The lowest BCUT2D eigenvalue weighted by molar-refractivity contribution is -0.117. The summed E-state index contributed by atoms with van der Waals surface area (Å²) in [5, 5.41) is 3.08. The van der Waals surface area contributed by atoms with Gasteiger partial charge in [-0.1, -0.05) is 0 Å². The maximum Gasteiger partial charge on any atom is 0.219 e. The minimum Gasteiger partial charge on any atom is -0.383 e. The summed E-state index contributed by atoms with van der Waals surface area (Å²) in [7, 11) is 0. The topological polar surface area (TPSA) is 68.0 Å². The second-order valence-corrected chi connectivity index (χ2v) is 4.33. The van der Waals surface area contributed by atoms with Crippen LogP contribution in [0.15, 0.2) is 21.3 Å². The number of amides is 1. The lowest BCUT2D eigenvalue weighted by Crippen LogP contribution is -2.16. The van der Waals surface area contributed by atoms with Gasteiger partial charge in [0.2, 0.25) is 5.91 Å². The molecule has 0 saturated carbocycles. The van der Waals surface area contributed by atoms with Crippen LogP contribution in [0.1, 0.15) is 6.42 Å². The van der Waals surface area contributed by atoms with Gasteiger partial charge in [0, 0.05) is 25.4 Å². The van der Waals surface area contributed by atoms with Gasteiger partial charge in [-0.2, -0.15) is 0 Å². The summed E-state index contributed by atoms with van der Waals surface area (Å²) >= 11 is 6.69. The number of nitrogens with zero attached hydrogens (tertiary/aromatic N) is 1. The van der Waals surface area contributed by atoms with Crippen LogP contribution in [0.2, 0.25) is 0 Å². The summed E-state index contributed by atoms with van der Waals surface area (Å²) in [5.74, 6) is -0.321. The Balaban J connectivity index is 2.62. The highest BCUT2D eigenvalue weighted by molar-refractivity contribution is 9.11. The standard InChI is InChI=1S/C8H9Br2N3O/c9-5-3-12-4-6(10)8(5)13-2-1-7(11)14/h3-4H,1-2H2,(H2,11,14)(H,12,13). The summed E-state index contributed by atoms with van der Waals surface area (Å²) < 4.78 is 1.69. The van der Waals surface area contributed by atoms with Crippen molar-refractivity contribution in [2.24, 2.45) is 5.73 Å². The van der Waals surface area contributed by atoms with Gasteiger partial charge < -0.3 is 11.1 Å². The van der Waals surface area contributed by atoms with E-state index >= 15 is 0 Å². The average molecular weight is 323 g/mol. The molecule has 0 spiro atoms. The summed E-state index contributed by atoms with van der Waals surface area (Å²) in [5.41, 5.74) is 5.89. The highest BCUT2D eigenvalue weighted by atomic mass is 79.9. The normalized spacial score (nSPS) is 9.86. The highest BCUT2D eigenvalue weighted by Gasteiger charge is 2.04. The van der Waals surface area contributed by atoms with Crippen LogP contribution in [0.3, 0.4) is 0 Å². The summed E-state index contributed by atoms with van der Waals surface area (Å²) in [4.78, 5) is 14.5. The van der Waals surface area contributed by atoms with Gasteiger partial charge >= 0.3 is 0 Å². The van der Waals surface area contributed by atoms with Crippen LogP contribution in [-0.2, 0) is 4.79 Å².